The molecule has 0 spiro atoms. The van der Waals surface area contributed by atoms with Gasteiger partial charge in [0.1, 0.15) is 0 Å². The van der Waals surface area contributed by atoms with Gasteiger partial charge in [-0.15, -0.1) is 0 Å². The molecule has 2 atom stereocenters. The Balaban J connectivity index is 3.42. The Morgan fingerprint density at radius 3 is 2.40 bits per heavy atom. The Kier molecular flexibility index (Phi) is 8.94. The van der Waals surface area contributed by atoms with E-state index in [1.54, 1.807) is 14.0 Å². The first-order valence-electron chi connectivity index (χ1n) is 5.17. The van der Waals surface area contributed by atoms with Crippen LogP contribution in [0.15, 0.2) is 0 Å². The fourth-order valence-electron chi connectivity index (χ4n) is 1.30. The van der Waals surface area contributed by atoms with Crippen LogP contribution in [0.25, 0.3) is 0 Å². The van der Waals surface area contributed by atoms with Gasteiger partial charge in [-0.25, -0.2) is 0 Å². The van der Waals surface area contributed by atoms with E-state index in [1.807, 2.05) is 11.9 Å². The number of likely N-dealkylation sites (N-methyl/N-ethyl adjacent to an activating group) is 1. The SMILES string of the molecule is COCCOCC(O)CN(C)CC(C)O. The zero-order valence-corrected chi connectivity index (χ0v) is 9.85. The van der Waals surface area contributed by atoms with Crippen LogP contribution in [-0.4, -0.2) is 74.4 Å². The number of rotatable bonds is 9. The average molecular weight is 221 g/mol. The monoisotopic (exact) mass is 221 g/mol. The molecule has 0 aliphatic rings. The van der Waals surface area contributed by atoms with Crippen LogP contribution in [0, 0.1) is 0 Å². The molecule has 0 aliphatic carbocycles. The van der Waals surface area contributed by atoms with Crippen molar-refractivity contribution in [3.63, 3.8) is 0 Å². The summed E-state index contributed by atoms with van der Waals surface area (Å²) < 4.78 is 9.98. The molecule has 0 fully saturated rings. The van der Waals surface area contributed by atoms with Gasteiger partial charge in [-0.2, -0.15) is 0 Å². The second-order valence-electron chi connectivity index (χ2n) is 3.79. The molecule has 0 aromatic rings. The Morgan fingerprint density at radius 2 is 1.87 bits per heavy atom. The summed E-state index contributed by atoms with van der Waals surface area (Å²) in [7, 11) is 3.46. The van der Waals surface area contributed by atoms with Crippen molar-refractivity contribution in [3.05, 3.63) is 0 Å². The molecule has 2 N–H and O–H groups in total. The van der Waals surface area contributed by atoms with Crippen molar-refractivity contribution in [1.82, 2.24) is 4.90 Å². The summed E-state index contributed by atoms with van der Waals surface area (Å²) >= 11 is 0. The molecule has 5 nitrogen and oxygen atoms in total. The van der Waals surface area contributed by atoms with Crippen molar-refractivity contribution in [3.8, 4) is 0 Å². The topological polar surface area (TPSA) is 62.2 Å². The van der Waals surface area contributed by atoms with Crippen LogP contribution in [0.1, 0.15) is 6.92 Å². The Hall–Kier alpha value is -0.200. The Morgan fingerprint density at radius 1 is 1.20 bits per heavy atom. The highest BCUT2D eigenvalue weighted by Gasteiger charge is 2.09. The lowest BCUT2D eigenvalue weighted by molar-refractivity contribution is -0.00145. The third kappa shape index (κ3) is 10.1. The lowest BCUT2D eigenvalue weighted by atomic mass is 10.3. The van der Waals surface area contributed by atoms with Crippen molar-refractivity contribution in [2.75, 3.05) is 47.1 Å². The van der Waals surface area contributed by atoms with E-state index in [1.165, 1.54) is 0 Å². The molecule has 0 heterocycles. The molecule has 2 unspecified atom stereocenters. The summed E-state index contributed by atoms with van der Waals surface area (Å²) in [6, 6.07) is 0. The smallest absolute Gasteiger partial charge is 0.0900 e. The van der Waals surface area contributed by atoms with Gasteiger partial charge < -0.3 is 24.6 Å². The largest absolute Gasteiger partial charge is 0.392 e. The zero-order valence-electron chi connectivity index (χ0n) is 9.85. The van der Waals surface area contributed by atoms with Crippen LogP contribution in [-0.2, 0) is 9.47 Å². The maximum atomic E-state index is 9.54. The van der Waals surface area contributed by atoms with E-state index in [9.17, 15) is 5.11 Å². The van der Waals surface area contributed by atoms with Crippen molar-refractivity contribution < 1.29 is 19.7 Å². The second-order valence-corrected chi connectivity index (χ2v) is 3.79. The van der Waals surface area contributed by atoms with Gasteiger partial charge in [0.2, 0.25) is 0 Å². The molecule has 0 bridgehead atoms. The number of aliphatic hydroxyl groups is 2. The Bertz CT molecular complexity index is 143. The number of hydrogen-bond donors (Lipinski definition) is 2. The third-order valence-electron chi connectivity index (χ3n) is 1.84. The minimum atomic E-state index is -0.523. The van der Waals surface area contributed by atoms with E-state index in [4.69, 9.17) is 14.6 Å². The summed E-state index contributed by atoms with van der Waals surface area (Å²) in [5.74, 6) is 0. The minimum absolute atomic E-state index is 0.299. The van der Waals surface area contributed by atoms with E-state index >= 15 is 0 Å². The quantitative estimate of drug-likeness (QED) is 0.505. The number of methoxy groups -OCH3 is 1. The Labute approximate surface area is 91.6 Å². The molecule has 0 aliphatic heterocycles. The standard InChI is InChI=1S/C10H23NO4/c1-9(12)6-11(2)7-10(13)8-15-5-4-14-3/h9-10,12-13H,4-8H2,1-3H3. The van der Waals surface area contributed by atoms with Gasteiger partial charge in [-0.3, -0.25) is 0 Å². The number of aliphatic hydroxyl groups excluding tert-OH is 2. The van der Waals surface area contributed by atoms with Crippen LogP contribution in [0.3, 0.4) is 0 Å². The molecule has 0 aromatic heterocycles. The van der Waals surface area contributed by atoms with Gasteiger partial charge in [-0.1, -0.05) is 0 Å². The van der Waals surface area contributed by atoms with Gasteiger partial charge in [0, 0.05) is 20.2 Å². The van der Waals surface area contributed by atoms with Crippen molar-refractivity contribution in [1.29, 1.82) is 0 Å². The fourth-order valence-corrected chi connectivity index (χ4v) is 1.30. The van der Waals surface area contributed by atoms with Gasteiger partial charge in [-0.05, 0) is 14.0 Å². The molecule has 0 saturated heterocycles. The van der Waals surface area contributed by atoms with Crippen molar-refractivity contribution >= 4 is 0 Å². The third-order valence-corrected chi connectivity index (χ3v) is 1.84. The first-order chi connectivity index (χ1) is 7.06. The highest BCUT2D eigenvalue weighted by atomic mass is 16.5. The molecule has 0 aromatic carbocycles. The van der Waals surface area contributed by atoms with Gasteiger partial charge in [0.05, 0.1) is 32.0 Å². The lowest BCUT2D eigenvalue weighted by Gasteiger charge is -2.21. The first kappa shape index (κ1) is 14.8. The number of ether oxygens (including phenoxy) is 2. The average Bonchev–Trinajstić information content (AvgIpc) is 2.10. The van der Waals surface area contributed by atoms with Crippen molar-refractivity contribution in [2.24, 2.45) is 0 Å². The van der Waals surface area contributed by atoms with Crippen molar-refractivity contribution in [2.45, 2.75) is 19.1 Å². The first-order valence-corrected chi connectivity index (χ1v) is 5.17. The predicted molar refractivity (Wildman–Crippen MR) is 57.9 cm³/mol. The molecule has 0 amide bonds. The normalized spacial score (nSPS) is 15.6. The summed E-state index contributed by atoms with van der Waals surface area (Å²) in [4.78, 5) is 1.87. The van der Waals surface area contributed by atoms with Crippen LogP contribution in [0.4, 0.5) is 0 Å². The van der Waals surface area contributed by atoms with Gasteiger partial charge in [0.15, 0.2) is 0 Å². The van der Waals surface area contributed by atoms with E-state index < -0.39 is 6.10 Å². The minimum Gasteiger partial charge on any atom is -0.392 e. The molecule has 15 heavy (non-hydrogen) atoms. The summed E-state index contributed by atoms with van der Waals surface area (Å²) in [5, 5.41) is 18.7. The molecule has 0 radical (unpaired) electrons. The number of nitrogens with zero attached hydrogens (tertiary/aromatic N) is 1. The fraction of sp³-hybridized carbons (Fsp3) is 1.00. The molecule has 0 rings (SSSR count). The zero-order chi connectivity index (χ0) is 11.7. The van der Waals surface area contributed by atoms with E-state index in [0.29, 0.717) is 32.9 Å². The molecular formula is C10H23NO4. The van der Waals surface area contributed by atoms with E-state index in [0.717, 1.165) is 0 Å². The van der Waals surface area contributed by atoms with Crippen LogP contribution < -0.4 is 0 Å². The maximum Gasteiger partial charge on any atom is 0.0900 e. The number of hydrogen-bond acceptors (Lipinski definition) is 5. The summed E-state index contributed by atoms with van der Waals surface area (Å²) in [5.41, 5.74) is 0. The molecule has 5 heteroatoms. The lowest BCUT2D eigenvalue weighted by Crippen LogP contribution is -2.36. The molecule has 0 saturated carbocycles. The molecule has 92 valence electrons. The summed E-state index contributed by atoms with van der Waals surface area (Å²) in [6.07, 6.45) is -0.901. The maximum absolute atomic E-state index is 9.54. The van der Waals surface area contributed by atoms with E-state index in [-0.39, 0.29) is 6.10 Å². The van der Waals surface area contributed by atoms with Crippen LogP contribution in [0.5, 0.6) is 0 Å². The van der Waals surface area contributed by atoms with Crippen LogP contribution in [0.2, 0.25) is 0 Å². The van der Waals surface area contributed by atoms with Crippen LogP contribution >= 0.6 is 0 Å². The highest BCUT2D eigenvalue weighted by molar-refractivity contribution is 4.62. The molecular weight excluding hydrogens is 198 g/mol. The second kappa shape index (κ2) is 9.06. The summed E-state index contributed by atoms with van der Waals surface area (Å²) in [6.45, 7) is 4.10. The van der Waals surface area contributed by atoms with Gasteiger partial charge >= 0.3 is 0 Å². The highest BCUT2D eigenvalue weighted by Crippen LogP contribution is 1.93. The predicted octanol–water partition coefficient (Wildman–Crippen LogP) is -0.677. The van der Waals surface area contributed by atoms with E-state index in [2.05, 4.69) is 0 Å². The van der Waals surface area contributed by atoms with Gasteiger partial charge in [0.25, 0.3) is 0 Å².